The summed E-state index contributed by atoms with van der Waals surface area (Å²) in [5, 5.41) is 5.25. The Morgan fingerprint density at radius 3 is 2.38 bits per heavy atom. The molecule has 26 heavy (non-hydrogen) atoms. The number of benzene rings is 1. The van der Waals surface area contributed by atoms with Crippen molar-refractivity contribution in [3.63, 3.8) is 0 Å². The minimum Gasteiger partial charge on any atom is -0.345 e. The van der Waals surface area contributed by atoms with Crippen LogP contribution in [-0.2, 0) is 0 Å². The van der Waals surface area contributed by atoms with Crippen molar-refractivity contribution >= 4 is 17.6 Å². The van der Waals surface area contributed by atoms with Crippen molar-refractivity contribution < 1.29 is 22.8 Å². The first kappa shape index (κ1) is 21.8. The predicted octanol–water partition coefficient (Wildman–Crippen LogP) is 2.70. The van der Waals surface area contributed by atoms with Gasteiger partial charge < -0.3 is 15.5 Å². The first-order chi connectivity index (χ1) is 12.0. The van der Waals surface area contributed by atoms with Crippen molar-refractivity contribution in [3.05, 3.63) is 29.3 Å². The van der Waals surface area contributed by atoms with Gasteiger partial charge in [-0.2, -0.15) is 13.2 Å². The van der Waals surface area contributed by atoms with Gasteiger partial charge in [-0.05, 0) is 44.6 Å². The van der Waals surface area contributed by atoms with Crippen molar-refractivity contribution in [1.29, 1.82) is 0 Å². The van der Waals surface area contributed by atoms with E-state index in [-0.39, 0.29) is 19.0 Å². The van der Waals surface area contributed by atoms with E-state index in [1.807, 2.05) is 0 Å². The topological polar surface area (TPSA) is 64.7 Å². The van der Waals surface area contributed by atoms with E-state index in [4.69, 9.17) is 0 Å². The van der Waals surface area contributed by atoms with Gasteiger partial charge in [0.25, 0.3) is 5.91 Å². The molecule has 0 atom stereocenters. The highest BCUT2D eigenvalue weighted by Crippen LogP contribution is 2.18. The lowest BCUT2D eigenvalue weighted by atomic mass is 10.1. The van der Waals surface area contributed by atoms with Crippen molar-refractivity contribution in [2.24, 2.45) is 0 Å². The Hall–Kier alpha value is -2.29. The second-order valence-electron chi connectivity index (χ2n) is 6.32. The van der Waals surface area contributed by atoms with Crippen LogP contribution in [0.1, 0.15) is 22.3 Å². The second kappa shape index (κ2) is 9.42. The zero-order valence-corrected chi connectivity index (χ0v) is 15.4. The van der Waals surface area contributed by atoms with E-state index < -0.39 is 18.8 Å². The van der Waals surface area contributed by atoms with Gasteiger partial charge in [-0.25, -0.2) is 4.79 Å². The van der Waals surface area contributed by atoms with E-state index in [1.165, 1.54) is 11.9 Å². The lowest BCUT2D eigenvalue weighted by Gasteiger charge is -2.18. The summed E-state index contributed by atoms with van der Waals surface area (Å²) in [4.78, 5) is 26.5. The fourth-order valence-corrected chi connectivity index (χ4v) is 2.25. The fraction of sp³-hybridized carbons (Fsp3) is 0.529. The summed E-state index contributed by atoms with van der Waals surface area (Å²) in [7, 11) is 4.65. The lowest BCUT2D eigenvalue weighted by Crippen LogP contribution is -2.35. The smallest absolute Gasteiger partial charge is 0.345 e. The Labute approximate surface area is 151 Å². The van der Waals surface area contributed by atoms with Gasteiger partial charge in [0.2, 0.25) is 0 Å². The zero-order chi connectivity index (χ0) is 19.9. The van der Waals surface area contributed by atoms with E-state index in [9.17, 15) is 22.8 Å². The fourth-order valence-electron chi connectivity index (χ4n) is 2.25. The molecule has 0 saturated carbocycles. The van der Waals surface area contributed by atoms with Crippen molar-refractivity contribution in [2.75, 3.05) is 46.1 Å². The molecule has 0 heterocycles. The van der Waals surface area contributed by atoms with Gasteiger partial charge >= 0.3 is 12.2 Å². The largest absolute Gasteiger partial charge is 0.401 e. The first-order valence-electron chi connectivity index (χ1n) is 8.12. The number of alkyl halides is 3. The average Bonchev–Trinajstić information content (AvgIpc) is 2.51. The zero-order valence-electron chi connectivity index (χ0n) is 15.4. The van der Waals surface area contributed by atoms with Gasteiger partial charge in [0.1, 0.15) is 0 Å². The van der Waals surface area contributed by atoms with Crippen LogP contribution in [0.4, 0.5) is 23.7 Å². The highest BCUT2D eigenvalue weighted by molar-refractivity contribution is 5.97. The van der Waals surface area contributed by atoms with Crippen LogP contribution in [0.25, 0.3) is 0 Å². The summed E-state index contributed by atoms with van der Waals surface area (Å²) in [6, 6.07) is 4.53. The summed E-state index contributed by atoms with van der Waals surface area (Å²) in [6.45, 7) is 1.27. The molecule has 0 bridgehead atoms. The van der Waals surface area contributed by atoms with E-state index in [0.717, 1.165) is 10.5 Å². The molecule has 1 aromatic rings. The molecule has 0 radical (unpaired) electrons. The van der Waals surface area contributed by atoms with Gasteiger partial charge in [-0.3, -0.25) is 9.69 Å². The summed E-state index contributed by atoms with van der Waals surface area (Å²) in [5.41, 5.74) is 1.74. The molecule has 1 rings (SSSR count). The molecule has 0 saturated heterocycles. The molecular weight excluding hydrogens is 349 g/mol. The molecular formula is C17H25F3N4O2. The molecule has 0 fully saturated rings. The van der Waals surface area contributed by atoms with E-state index in [0.29, 0.717) is 17.7 Å². The molecule has 0 unspecified atom stereocenters. The van der Waals surface area contributed by atoms with Crippen LogP contribution in [0.5, 0.6) is 0 Å². The molecule has 2 N–H and O–H groups in total. The number of hydrogen-bond acceptors (Lipinski definition) is 3. The molecule has 0 aliphatic carbocycles. The summed E-state index contributed by atoms with van der Waals surface area (Å²) >= 11 is 0. The van der Waals surface area contributed by atoms with Gasteiger partial charge in [0, 0.05) is 31.9 Å². The minimum atomic E-state index is -4.23. The SMILES string of the molecule is Cc1ccc(C(=O)N(C)C)cc1NC(=O)NCCCN(C)CC(F)(F)F. The van der Waals surface area contributed by atoms with Crippen molar-refractivity contribution in [3.8, 4) is 0 Å². The number of halogens is 3. The molecule has 146 valence electrons. The number of carbonyl (C=O) groups is 2. The Kier molecular flexibility index (Phi) is 7.88. The average molecular weight is 374 g/mol. The number of anilines is 1. The summed E-state index contributed by atoms with van der Waals surface area (Å²) in [5.74, 6) is -0.179. The second-order valence-corrected chi connectivity index (χ2v) is 6.32. The third-order valence-corrected chi connectivity index (χ3v) is 3.59. The van der Waals surface area contributed by atoms with Gasteiger partial charge in [0.05, 0.1) is 6.54 Å². The van der Waals surface area contributed by atoms with E-state index >= 15 is 0 Å². The summed E-state index contributed by atoms with van der Waals surface area (Å²) < 4.78 is 36.6. The monoisotopic (exact) mass is 374 g/mol. The molecule has 3 amide bonds. The maximum Gasteiger partial charge on any atom is 0.401 e. The third kappa shape index (κ3) is 7.73. The highest BCUT2D eigenvalue weighted by Gasteiger charge is 2.28. The Morgan fingerprint density at radius 1 is 1.15 bits per heavy atom. The van der Waals surface area contributed by atoms with Crippen LogP contribution in [-0.4, -0.2) is 68.7 Å². The highest BCUT2D eigenvalue weighted by atomic mass is 19.4. The van der Waals surface area contributed by atoms with Crippen LogP contribution >= 0.6 is 0 Å². The van der Waals surface area contributed by atoms with Crippen LogP contribution < -0.4 is 10.6 Å². The van der Waals surface area contributed by atoms with Crippen molar-refractivity contribution in [2.45, 2.75) is 19.5 Å². The molecule has 0 aliphatic heterocycles. The van der Waals surface area contributed by atoms with Gasteiger partial charge in [-0.15, -0.1) is 0 Å². The molecule has 0 aliphatic rings. The predicted molar refractivity (Wildman–Crippen MR) is 94.4 cm³/mol. The third-order valence-electron chi connectivity index (χ3n) is 3.59. The number of hydrogen-bond donors (Lipinski definition) is 2. The first-order valence-corrected chi connectivity index (χ1v) is 8.12. The van der Waals surface area contributed by atoms with Gasteiger partial charge in [-0.1, -0.05) is 6.07 Å². The molecule has 6 nitrogen and oxygen atoms in total. The Morgan fingerprint density at radius 2 is 1.81 bits per heavy atom. The Bertz CT molecular complexity index is 633. The molecule has 9 heteroatoms. The van der Waals surface area contributed by atoms with Crippen LogP contribution in [0.2, 0.25) is 0 Å². The van der Waals surface area contributed by atoms with E-state index in [1.54, 1.807) is 39.2 Å². The number of carbonyl (C=O) groups excluding carboxylic acids is 2. The van der Waals surface area contributed by atoms with Gasteiger partial charge in [0.15, 0.2) is 0 Å². The molecule has 0 spiro atoms. The summed E-state index contributed by atoms with van der Waals surface area (Å²) in [6.07, 6.45) is -3.84. The van der Waals surface area contributed by atoms with Crippen LogP contribution in [0.3, 0.4) is 0 Å². The molecule has 0 aromatic heterocycles. The number of urea groups is 1. The van der Waals surface area contributed by atoms with E-state index in [2.05, 4.69) is 10.6 Å². The Balaban J connectivity index is 2.48. The minimum absolute atomic E-state index is 0.179. The maximum absolute atomic E-state index is 12.2. The quantitative estimate of drug-likeness (QED) is 0.722. The number of rotatable bonds is 7. The molecule has 1 aromatic carbocycles. The maximum atomic E-state index is 12.2. The standard InChI is InChI=1S/C17H25F3N4O2/c1-12-6-7-13(15(25)23(2)3)10-14(12)22-16(26)21-8-5-9-24(4)11-17(18,19)20/h6-7,10H,5,8-9,11H2,1-4H3,(H2,21,22,26). The number of amides is 3. The van der Waals surface area contributed by atoms with Crippen LogP contribution in [0.15, 0.2) is 18.2 Å². The lowest BCUT2D eigenvalue weighted by molar-refractivity contribution is -0.143. The van der Waals surface area contributed by atoms with Crippen LogP contribution in [0, 0.1) is 6.92 Å². The number of nitrogens with zero attached hydrogens (tertiary/aromatic N) is 2. The van der Waals surface area contributed by atoms with Crippen molar-refractivity contribution in [1.82, 2.24) is 15.1 Å². The number of aryl methyl sites for hydroxylation is 1. The normalized spacial score (nSPS) is 11.4. The number of nitrogens with one attached hydrogen (secondary N) is 2.